The summed E-state index contributed by atoms with van der Waals surface area (Å²) in [5.41, 5.74) is 2.92. The van der Waals surface area contributed by atoms with Gasteiger partial charge in [0.2, 0.25) is 0 Å². The van der Waals surface area contributed by atoms with Crippen molar-refractivity contribution in [2.45, 2.75) is 13.8 Å². The van der Waals surface area contributed by atoms with E-state index in [9.17, 15) is 4.79 Å². The van der Waals surface area contributed by atoms with E-state index in [1.54, 1.807) is 0 Å². The molecule has 0 radical (unpaired) electrons. The van der Waals surface area contributed by atoms with Gasteiger partial charge in [-0.2, -0.15) is 0 Å². The number of hydrogen-bond donors (Lipinski definition) is 1. The summed E-state index contributed by atoms with van der Waals surface area (Å²) in [7, 11) is 0. The minimum Gasteiger partial charge on any atom is -0.492 e. The van der Waals surface area contributed by atoms with Gasteiger partial charge in [0, 0.05) is 5.56 Å². The van der Waals surface area contributed by atoms with Crippen molar-refractivity contribution < 1.29 is 9.53 Å². The highest BCUT2D eigenvalue weighted by molar-refractivity contribution is 5.94. The minimum absolute atomic E-state index is 0.0680. The molecular weight excluding hydrogens is 250 g/mol. The Hall–Kier alpha value is -2.29. The molecule has 0 bridgehead atoms. The van der Waals surface area contributed by atoms with Crippen LogP contribution in [-0.2, 0) is 0 Å². The van der Waals surface area contributed by atoms with E-state index in [1.807, 2.05) is 62.4 Å². The van der Waals surface area contributed by atoms with Gasteiger partial charge in [0.15, 0.2) is 0 Å². The highest BCUT2D eigenvalue weighted by Gasteiger charge is 2.04. The Morgan fingerprint density at radius 2 is 1.75 bits per heavy atom. The van der Waals surface area contributed by atoms with E-state index in [-0.39, 0.29) is 5.91 Å². The number of carbonyl (C=O) groups is 1. The van der Waals surface area contributed by atoms with Crippen LogP contribution in [-0.4, -0.2) is 19.1 Å². The lowest BCUT2D eigenvalue weighted by atomic mass is 10.1. The SMILES string of the molecule is Cc1cccc(OCCNC(=O)c2cccc(C)c2)c1. The third kappa shape index (κ3) is 4.12. The maximum Gasteiger partial charge on any atom is 0.251 e. The van der Waals surface area contributed by atoms with Gasteiger partial charge in [0.05, 0.1) is 6.54 Å². The number of nitrogens with one attached hydrogen (secondary N) is 1. The summed E-state index contributed by atoms with van der Waals surface area (Å²) < 4.78 is 5.58. The molecule has 0 heterocycles. The van der Waals surface area contributed by atoms with E-state index in [4.69, 9.17) is 4.74 Å². The maximum absolute atomic E-state index is 11.9. The molecule has 0 saturated heterocycles. The molecule has 1 amide bonds. The van der Waals surface area contributed by atoms with Crippen LogP contribution in [0.25, 0.3) is 0 Å². The molecular formula is C17H19NO2. The second kappa shape index (κ2) is 6.75. The fourth-order valence-corrected chi connectivity index (χ4v) is 1.93. The summed E-state index contributed by atoms with van der Waals surface area (Å²) in [5.74, 6) is 0.761. The van der Waals surface area contributed by atoms with Gasteiger partial charge in [-0.1, -0.05) is 29.8 Å². The van der Waals surface area contributed by atoms with Crippen molar-refractivity contribution >= 4 is 5.91 Å². The van der Waals surface area contributed by atoms with Crippen molar-refractivity contribution in [2.75, 3.05) is 13.2 Å². The van der Waals surface area contributed by atoms with Crippen LogP contribution in [0.5, 0.6) is 5.75 Å². The summed E-state index contributed by atoms with van der Waals surface area (Å²) in [6.45, 7) is 4.94. The number of benzene rings is 2. The van der Waals surface area contributed by atoms with Gasteiger partial charge < -0.3 is 10.1 Å². The zero-order chi connectivity index (χ0) is 14.4. The van der Waals surface area contributed by atoms with Crippen LogP contribution in [0.15, 0.2) is 48.5 Å². The van der Waals surface area contributed by atoms with Gasteiger partial charge in [-0.05, 0) is 43.7 Å². The Kier molecular flexibility index (Phi) is 4.77. The van der Waals surface area contributed by atoms with E-state index < -0.39 is 0 Å². The first kappa shape index (κ1) is 14.1. The van der Waals surface area contributed by atoms with Gasteiger partial charge >= 0.3 is 0 Å². The van der Waals surface area contributed by atoms with Gasteiger partial charge in [-0.3, -0.25) is 4.79 Å². The third-order valence-corrected chi connectivity index (χ3v) is 2.93. The summed E-state index contributed by atoms with van der Waals surface area (Å²) in [4.78, 5) is 11.9. The first-order chi connectivity index (χ1) is 9.65. The Bertz CT molecular complexity index is 593. The average Bonchev–Trinajstić information content (AvgIpc) is 2.43. The lowest BCUT2D eigenvalue weighted by molar-refractivity contribution is 0.0947. The van der Waals surface area contributed by atoms with Crippen LogP contribution < -0.4 is 10.1 Å². The largest absolute Gasteiger partial charge is 0.492 e. The summed E-state index contributed by atoms with van der Waals surface area (Å²) in [5, 5.41) is 2.85. The van der Waals surface area contributed by atoms with E-state index in [2.05, 4.69) is 5.32 Å². The smallest absolute Gasteiger partial charge is 0.251 e. The first-order valence-corrected chi connectivity index (χ1v) is 6.69. The molecule has 3 heteroatoms. The molecule has 2 aromatic carbocycles. The number of ether oxygens (including phenoxy) is 1. The van der Waals surface area contributed by atoms with E-state index in [1.165, 1.54) is 0 Å². The Balaban J connectivity index is 1.77. The van der Waals surface area contributed by atoms with Gasteiger partial charge in [-0.25, -0.2) is 0 Å². The lowest BCUT2D eigenvalue weighted by Gasteiger charge is -2.08. The number of carbonyl (C=O) groups excluding carboxylic acids is 1. The molecule has 2 aromatic rings. The second-order valence-electron chi connectivity index (χ2n) is 4.79. The number of aryl methyl sites for hydroxylation is 2. The molecule has 20 heavy (non-hydrogen) atoms. The standard InChI is InChI=1S/C17H19NO2/c1-13-5-3-7-15(11-13)17(19)18-9-10-20-16-8-4-6-14(2)12-16/h3-8,11-12H,9-10H2,1-2H3,(H,18,19). The van der Waals surface area contributed by atoms with Crippen LogP contribution in [0.2, 0.25) is 0 Å². The molecule has 0 unspecified atom stereocenters. The number of hydrogen-bond acceptors (Lipinski definition) is 2. The van der Waals surface area contributed by atoms with E-state index in [0.29, 0.717) is 18.7 Å². The Labute approximate surface area is 119 Å². The van der Waals surface area contributed by atoms with Crippen LogP contribution in [0.3, 0.4) is 0 Å². The molecule has 1 N–H and O–H groups in total. The fraction of sp³-hybridized carbons (Fsp3) is 0.235. The zero-order valence-corrected chi connectivity index (χ0v) is 11.8. The average molecular weight is 269 g/mol. The minimum atomic E-state index is -0.0680. The molecule has 0 saturated carbocycles. The number of amides is 1. The monoisotopic (exact) mass is 269 g/mol. The van der Waals surface area contributed by atoms with E-state index in [0.717, 1.165) is 16.9 Å². The molecule has 0 fully saturated rings. The lowest BCUT2D eigenvalue weighted by Crippen LogP contribution is -2.28. The third-order valence-electron chi connectivity index (χ3n) is 2.93. The molecule has 3 nitrogen and oxygen atoms in total. The summed E-state index contributed by atoms with van der Waals surface area (Å²) in [6.07, 6.45) is 0. The van der Waals surface area contributed by atoms with Crippen LogP contribution in [0, 0.1) is 13.8 Å². The number of rotatable bonds is 5. The zero-order valence-electron chi connectivity index (χ0n) is 11.8. The predicted molar refractivity (Wildman–Crippen MR) is 80.2 cm³/mol. The van der Waals surface area contributed by atoms with Gasteiger partial charge in [0.25, 0.3) is 5.91 Å². The fourth-order valence-electron chi connectivity index (χ4n) is 1.93. The first-order valence-electron chi connectivity index (χ1n) is 6.69. The molecule has 0 aromatic heterocycles. The topological polar surface area (TPSA) is 38.3 Å². The normalized spacial score (nSPS) is 10.1. The van der Waals surface area contributed by atoms with Gasteiger partial charge in [0.1, 0.15) is 12.4 Å². The maximum atomic E-state index is 11.9. The molecule has 104 valence electrons. The van der Waals surface area contributed by atoms with E-state index >= 15 is 0 Å². The molecule has 0 aliphatic rings. The van der Waals surface area contributed by atoms with Crippen molar-refractivity contribution in [3.8, 4) is 5.75 Å². The Morgan fingerprint density at radius 3 is 2.45 bits per heavy atom. The van der Waals surface area contributed by atoms with Crippen molar-refractivity contribution in [1.82, 2.24) is 5.32 Å². The Morgan fingerprint density at radius 1 is 1.05 bits per heavy atom. The highest BCUT2D eigenvalue weighted by atomic mass is 16.5. The van der Waals surface area contributed by atoms with Crippen molar-refractivity contribution in [3.63, 3.8) is 0 Å². The van der Waals surface area contributed by atoms with Crippen LogP contribution in [0.1, 0.15) is 21.5 Å². The highest BCUT2D eigenvalue weighted by Crippen LogP contribution is 2.11. The molecule has 2 rings (SSSR count). The molecule has 0 aliphatic carbocycles. The summed E-state index contributed by atoms with van der Waals surface area (Å²) in [6, 6.07) is 15.4. The molecule has 0 atom stereocenters. The summed E-state index contributed by atoms with van der Waals surface area (Å²) >= 11 is 0. The molecule has 0 spiro atoms. The van der Waals surface area contributed by atoms with Crippen molar-refractivity contribution in [2.24, 2.45) is 0 Å². The van der Waals surface area contributed by atoms with Gasteiger partial charge in [-0.15, -0.1) is 0 Å². The second-order valence-corrected chi connectivity index (χ2v) is 4.79. The predicted octanol–water partition coefficient (Wildman–Crippen LogP) is 3.11. The van der Waals surface area contributed by atoms with Crippen molar-refractivity contribution in [1.29, 1.82) is 0 Å². The van der Waals surface area contributed by atoms with Crippen LogP contribution >= 0.6 is 0 Å². The quantitative estimate of drug-likeness (QED) is 0.847. The molecule has 0 aliphatic heterocycles. The van der Waals surface area contributed by atoms with Crippen LogP contribution in [0.4, 0.5) is 0 Å². The van der Waals surface area contributed by atoms with Crippen molar-refractivity contribution in [3.05, 3.63) is 65.2 Å².